The minimum absolute atomic E-state index is 0.0552. The van der Waals surface area contributed by atoms with Gasteiger partial charge in [-0.05, 0) is 51.9 Å². The normalized spacial score (nSPS) is 14.9. The van der Waals surface area contributed by atoms with Crippen LogP contribution in [0.15, 0.2) is 48.7 Å². The van der Waals surface area contributed by atoms with Gasteiger partial charge in [0, 0.05) is 54.2 Å². The number of alkyl halides is 3. The smallest absolute Gasteiger partial charge is 0.416 e. The van der Waals surface area contributed by atoms with E-state index in [0.717, 1.165) is 31.6 Å². The van der Waals surface area contributed by atoms with Crippen LogP contribution in [0.2, 0.25) is 0 Å². The number of carboxylic acid groups (broad SMARTS) is 4. The Morgan fingerprint density at radius 1 is 0.977 bits per heavy atom. The Bertz CT molecular complexity index is 1280. The molecule has 1 aromatic carbocycles. The number of aliphatic carboxylic acids is 4. The van der Waals surface area contributed by atoms with Gasteiger partial charge in [0.15, 0.2) is 0 Å². The van der Waals surface area contributed by atoms with Crippen LogP contribution in [-0.4, -0.2) is 85.4 Å². The van der Waals surface area contributed by atoms with Gasteiger partial charge in [-0.25, -0.2) is 33.5 Å². The molecular weight excluding hydrogens is 584 g/mol. The molecule has 1 saturated heterocycles. The van der Waals surface area contributed by atoms with E-state index in [2.05, 4.69) is 27.2 Å². The molecule has 1 aliphatic heterocycles. The summed E-state index contributed by atoms with van der Waals surface area (Å²) in [6.45, 7) is 3.53. The van der Waals surface area contributed by atoms with Crippen molar-refractivity contribution in [2.24, 2.45) is 0 Å². The molecule has 2 heterocycles. The molecule has 0 spiro atoms. The Hall–Kier alpha value is -4.86. The fraction of sp³-hybridized carbons (Fsp3) is 0.333. The predicted octanol–water partition coefficient (Wildman–Crippen LogP) is 3.93. The van der Waals surface area contributed by atoms with Crippen molar-refractivity contribution in [3.05, 3.63) is 65.8 Å². The maximum atomic E-state index is 14.2. The lowest BCUT2D eigenvalue weighted by molar-refractivity contribution is -0.138. The fourth-order valence-corrected chi connectivity index (χ4v) is 3.71. The second-order valence-corrected chi connectivity index (χ2v) is 8.90. The Labute approximate surface area is 243 Å². The molecule has 43 heavy (non-hydrogen) atoms. The number of aryl methyl sites for hydroxylation is 1. The predicted molar refractivity (Wildman–Crippen MR) is 145 cm³/mol. The van der Waals surface area contributed by atoms with Crippen LogP contribution >= 0.6 is 0 Å². The van der Waals surface area contributed by atoms with E-state index in [1.54, 1.807) is 6.92 Å². The monoisotopic (exact) mass is 614 g/mol. The summed E-state index contributed by atoms with van der Waals surface area (Å²) < 4.78 is 52.2. The molecule has 234 valence electrons. The van der Waals surface area contributed by atoms with E-state index in [0.29, 0.717) is 53.6 Å². The van der Waals surface area contributed by atoms with Gasteiger partial charge in [-0.1, -0.05) is 6.07 Å². The van der Waals surface area contributed by atoms with E-state index in [-0.39, 0.29) is 5.56 Å². The quantitative estimate of drug-likeness (QED) is 0.202. The first-order valence-corrected chi connectivity index (χ1v) is 12.4. The Kier molecular flexibility index (Phi) is 14.4. The lowest BCUT2D eigenvalue weighted by atomic mass is 10.0. The average molecular weight is 615 g/mol. The van der Waals surface area contributed by atoms with Crippen molar-refractivity contribution in [1.29, 1.82) is 0 Å². The van der Waals surface area contributed by atoms with Crippen molar-refractivity contribution < 1.29 is 57.2 Å². The summed E-state index contributed by atoms with van der Waals surface area (Å²) in [4.78, 5) is 49.1. The van der Waals surface area contributed by atoms with Gasteiger partial charge in [0.1, 0.15) is 5.82 Å². The molecule has 3 rings (SSSR count). The number of carbonyl (C=O) groups is 4. The van der Waals surface area contributed by atoms with Gasteiger partial charge in [0.05, 0.1) is 11.3 Å². The third-order valence-corrected chi connectivity index (χ3v) is 5.74. The number of carboxylic acids is 4. The largest absolute Gasteiger partial charge is 0.478 e. The zero-order valence-electron chi connectivity index (χ0n) is 23.0. The second kappa shape index (κ2) is 17.2. The van der Waals surface area contributed by atoms with E-state index >= 15 is 0 Å². The minimum Gasteiger partial charge on any atom is -0.478 e. The van der Waals surface area contributed by atoms with Crippen molar-refractivity contribution in [2.75, 3.05) is 25.5 Å². The van der Waals surface area contributed by atoms with Crippen molar-refractivity contribution in [3.63, 3.8) is 0 Å². The first-order valence-electron chi connectivity index (χ1n) is 12.4. The van der Waals surface area contributed by atoms with E-state index in [4.69, 9.17) is 20.4 Å². The molecule has 0 aliphatic carbocycles. The summed E-state index contributed by atoms with van der Waals surface area (Å²) in [5, 5.41) is 34.4. The standard InChI is InChI=1S/C19H22F4N4.2C4H4O4/c1-12-16(15-6-5-13(10-17(15)20)19(21,22)23)11-25-18(26-12)24-8-7-14-4-3-9-27(14)2;2*5-3(6)1-2-4(7)8/h5-6,10-11,14H,3-4,7-9H2,1-2H3,(H,24,25,26);2*1-2H,(H,5,6)(H,7,8)/b;2*2-1+/t14-;;/m0../s1. The van der Waals surface area contributed by atoms with Gasteiger partial charge in [-0.3, -0.25) is 0 Å². The molecule has 1 aliphatic rings. The highest BCUT2D eigenvalue weighted by Crippen LogP contribution is 2.33. The van der Waals surface area contributed by atoms with Crippen LogP contribution in [0, 0.1) is 12.7 Å². The summed E-state index contributed by atoms with van der Waals surface area (Å²) in [6, 6.07) is 3.03. The number of rotatable bonds is 9. The summed E-state index contributed by atoms with van der Waals surface area (Å²) >= 11 is 0. The number of aromatic nitrogens is 2. The molecule has 0 amide bonds. The zero-order chi connectivity index (χ0) is 32.7. The Morgan fingerprint density at radius 2 is 1.51 bits per heavy atom. The van der Waals surface area contributed by atoms with Crippen molar-refractivity contribution >= 4 is 29.8 Å². The van der Waals surface area contributed by atoms with Gasteiger partial charge < -0.3 is 30.6 Å². The fourth-order valence-electron chi connectivity index (χ4n) is 3.71. The van der Waals surface area contributed by atoms with Gasteiger partial charge in [0.2, 0.25) is 5.95 Å². The van der Waals surface area contributed by atoms with Crippen LogP contribution in [0.5, 0.6) is 0 Å². The summed E-state index contributed by atoms with van der Waals surface area (Å²) in [7, 11) is 2.12. The number of nitrogens with one attached hydrogen (secondary N) is 1. The maximum Gasteiger partial charge on any atom is 0.416 e. The maximum absolute atomic E-state index is 14.2. The molecule has 0 saturated carbocycles. The highest BCUT2D eigenvalue weighted by Gasteiger charge is 2.31. The van der Waals surface area contributed by atoms with Gasteiger partial charge >= 0.3 is 30.1 Å². The third-order valence-electron chi connectivity index (χ3n) is 5.74. The number of anilines is 1. The van der Waals surface area contributed by atoms with Gasteiger partial charge in [0.25, 0.3) is 0 Å². The number of hydrogen-bond acceptors (Lipinski definition) is 8. The van der Waals surface area contributed by atoms with Crippen LogP contribution in [0.4, 0.5) is 23.5 Å². The molecule has 0 unspecified atom stereocenters. The molecule has 16 heteroatoms. The number of likely N-dealkylation sites (tertiary alicyclic amines) is 1. The van der Waals surface area contributed by atoms with E-state index in [1.807, 2.05) is 0 Å². The lowest BCUT2D eigenvalue weighted by Crippen LogP contribution is -2.27. The highest BCUT2D eigenvalue weighted by molar-refractivity contribution is 5.90. The number of benzene rings is 1. The van der Waals surface area contributed by atoms with Crippen LogP contribution in [-0.2, 0) is 25.4 Å². The number of hydrogen-bond donors (Lipinski definition) is 5. The van der Waals surface area contributed by atoms with Crippen LogP contribution in [0.1, 0.15) is 30.5 Å². The summed E-state index contributed by atoms with van der Waals surface area (Å²) in [6.07, 6.45) is 2.47. The summed E-state index contributed by atoms with van der Waals surface area (Å²) in [5.74, 6) is -5.54. The molecular formula is C27H30F4N4O8. The molecule has 5 N–H and O–H groups in total. The van der Waals surface area contributed by atoms with Gasteiger partial charge in [-0.2, -0.15) is 13.2 Å². The van der Waals surface area contributed by atoms with Crippen molar-refractivity contribution in [3.8, 4) is 11.1 Å². The van der Waals surface area contributed by atoms with Crippen molar-refractivity contribution in [1.82, 2.24) is 14.9 Å². The van der Waals surface area contributed by atoms with Crippen LogP contribution in [0.25, 0.3) is 11.1 Å². The van der Waals surface area contributed by atoms with E-state index < -0.39 is 41.4 Å². The molecule has 1 fully saturated rings. The molecule has 12 nitrogen and oxygen atoms in total. The Morgan fingerprint density at radius 3 is 1.91 bits per heavy atom. The zero-order valence-corrected chi connectivity index (χ0v) is 23.0. The average Bonchev–Trinajstić information content (AvgIpc) is 3.31. The van der Waals surface area contributed by atoms with Crippen molar-refractivity contribution in [2.45, 2.75) is 38.4 Å². The Balaban J connectivity index is 0.000000476. The first kappa shape index (κ1) is 36.2. The SMILES string of the molecule is Cc1nc(NCC[C@@H]2CCCN2C)ncc1-c1ccc(C(F)(F)F)cc1F.O=C(O)/C=C/C(=O)O.O=C(O)/C=C/C(=O)O. The van der Waals surface area contributed by atoms with Crippen LogP contribution in [0.3, 0.4) is 0 Å². The van der Waals surface area contributed by atoms with E-state index in [1.165, 1.54) is 19.0 Å². The molecule has 0 radical (unpaired) electrons. The van der Waals surface area contributed by atoms with Gasteiger partial charge in [-0.15, -0.1) is 0 Å². The first-order chi connectivity index (χ1) is 20.0. The molecule has 0 bridgehead atoms. The lowest BCUT2D eigenvalue weighted by Gasteiger charge is -2.19. The van der Waals surface area contributed by atoms with E-state index in [9.17, 15) is 36.7 Å². The molecule has 1 atom stereocenters. The molecule has 2 aromatic rings. The highest BCUT2D eigenvalue weighted by atomic mass is 19.4. The van der Waals surface area contributed by atoms with Crippen LogP contribution < -0.4 is 5.32 Å². The third kappa shape index (κ3) is 14.0. The number of nitrogens with zero attached hydrogens (tertiary/aromatic N) is 3. The second-order valence-electron chi connectivity index (χ2n) is 8.90. The number of halogens is 4. The topological polar surface area (TPSA) is 190 Å². The summed E-state index contributed by atoms with van der Waals surface area (Å²) in [5.41, 5.74) is -0.0800. The minimum atomic E-state index is -4.58. The molecule has 1 aromatic heterocycles.